The van der Waals surface area contributed by atoms with Crippen molar-refractivity contribution in [2.45, 2.75) is 19.0 Å². The zero-order chi connectivity index (χ0) is 14.4. The molecule has 1 fully saturated rings. The first-order valence-corrected chi connectivity index (χ1v) is 8.14. The van der Waals surface area contributed by atoms with Crippen molar-refractivity contribution in [3.8, 4) is 0 Å². The van der Waals surface area contributed by atoms with Gasteiger partial charge in [0.15, 0.2) is 0 Å². The number of hydrogen-bond acceptors (Lipinski definition) is 4. The van der Waals surface area contributed by atoms with Crippen LogP contribution < -0.4 is 10.6 Å². The lowest BCUT2D eigenvalue weighted by Gasteiger charge is -2.23. The predicted molar refractivity (Wildman–Crippen MR) is 86.2 cm³/mol. The Morgan fingerprint density at radius 2 is 2.25 bits per heavy atom. The van der Waals surface area contributed by atoms with Crippen molar-refractivity contribution in [3.05, 3.63) is 29.8 Å². The highest BCUT2D eigenvalue weighted by atomic mass is 32.2. The minimum atomic E-state index is 0.0937. The summed E-state index contributed by atoms with van der Waals surface area (Å²) in [4.78, 5) is 14.2. The molecule has 1 unspecified atom stereocenters. The summed E-state index contributed by atoms with van der Waals surface area (Å²) in [7, 11) is 4.06. The van der Waals surface area contributed by atoms with Crippen LogP contribution in [0.2, 0.25) is 0 Å². The van der Waals surface area contributed by atoms with Gasteiger partial charge in [0.2, 0.25) is 5.91 Å². The Labute approximate surface area is 125 Å². The normalized spacial score (nSPS) is 19.1. The average Bonchev–Trinajstić information content (AvgIpc) is 2.41. The second-order valence-corrected chi connectivity index (χ2v) is 6.52. The summed E-state index contributed by atoms with van der Waals surface area (Å²) in [5.74, 6) is 2.26. The molecule has 1 atom stereocenters. The number of thioether (sulfide) groups is 1. The van der Waals surface area contributed by atoms with E-state index in [1.54, 1.807) is 0 Å². The number of rotatable bonds is 5. The number of hydrogen-bond donors (Lipinski definition) is 2. The van der Waals surface area contributed by atoms with Crippen molar-refractivity contribution in [3.63, 3.8) is 0 Å². The molecule has 0 radical (unpaired) electrons. The fraction of sp³-hybridized carbons (Fsp3) is 0.533. The van der Waals surface area contributed by atoms with Crippen molar-refractivity contribution in [1.29, 1.82) is 0 Å². The number of benzene rings is 1. The van der Waals surface area contributed by atoms with E-state index in [1.807, 2.05) is 44.1 Å². The lowest BCUT2D eigenvalue weighted by molar-refractivity contribution is -0.116. The van der Waals surface area contributed by atoms with Crippen molar-refractivity contribution >= 4 is 23.4 Å². The smallest absolute Gasteiger partial charge is 0.225 e. The summed E-state index contributed by atoms with van der Waals surface area (Å²) in [5, 5.41) is 6.44. The number of anilines is 1. The van der Waals surface area contributed by atoms with Crippen molar-refractivity contribution in [2.75, 3.05) is 37.5 Å². The molecule has 1 amide bonds. The van der Waals surface area contributed by atoms with E-state index in [4.69, 9.17) is 0 Å². The molecule has 0 spiro atoms. The van der Waals surface area contributed by atoms with Crippen LogP contribution >= 0.6 is 11.8 Å². The Kier molecular flexibility index (Phi) is 5.88. The van der Waals surface area contributed by atoms with Crippen LogP contribution in [0.3, 0.4) is 0 Å². The topological polar surface area (TPSA) is 44.4 Å². The molecule has 4 nitrogen and oxygen atoms in total. The van der Waals surface area contributed by atoms with Crippen LogP contribution in [0.15, 0.2) is 24.3 Å². The highest BCUT2D eigenvalue weighted by Crippen LogP contribution is 2.17. The van der Waals surface area contributed by atoms with Crippen molar-refractivity contribution in [1.82, 2.24) is 10.2 Å². The quantitative estimate of drug-likeness (QED) is 0.868. The molecule has 0 bridgehead atoms. The molecule has 5 heteroatoms. The molecule has 1 heterocycles. The van der Waals surface area contributed by atoms with Gasteiger partial charge >= 0.3 is 0 Å². The summed E-state index contributed by atoms with van der Waals surface area (Å²) in [6.07, 6.45) is 0.545. The summed E-state index contributed by atoms with van der Waals surface area (Å²) < 4.78 is 0. The Morgan fingerprint density at radius 1 is 1.45 bits per heavy atom. The van der Waals surface area contributed by atoms with Gasteiger partial charge in [-0.15, -0.1) is 0 Å². The van der Waals surface area contributed by atoms with Crippen molar-refractivity contribution in [2.24, 2.45) is 0 Å². The van der Waals surface area contributed by atoms with Crippen LogP contribution in [0, 0.1) is 0 Å². The van der Waals surface area contributed by atoms with Gasteiger partial charge in [-0.1, -0.05) is 18.2 Å². The molecule has 1 aromatic rings. The van der Waals surface area contributed by atoms with E-state index in [2.05, 4.69) is 21.6 Å². The molecule has 0 saturated carbocycles. The average molecular weight is 293 g/mol. The maximum Gasteiger partial charge on any atom is 0.225 e. The first-order chi connectivity index (χ1) is 9.65. The molecule has 20 heavy (non-hydrogen) atoms. The lowest BCUT2D eigenvalue weighted by Crippen LogP contribution is -2.40. The summed E-state index contributed by atoms with van der Waals surface area (Å²) >= 11 is 1.91. The van der Waals surface area contributed by atoms with Gasteiger partial charge < -0.3 is 15.5 Å². The molecule has 1 aliphatic heterocycles. The Morgan fingerprint density at radius 3 is 2.95 bits per heavy atom. The molecule has 2 N–H and O–H groups in total. The minimum Gasteiger partial charge on any atom is -0.326 e. The predicted octanol–water partition coefficient (Wildman–Crippen LogP) is 1.78. The van der Waals surface area contributed by atoms with Crippen LogP contribution in [-0.2, 0) is 11.3 Å². The third kappa shape index (κ3) is 4.81. The Balaban J connectivity index is 1.93. The fourth-order valence-corrected chi connectivity index (χ4v) is 3.25. The van der Waals surface area contributed by atoms with E-state index in [-0.39, 0.29) is 5.91 Å². The molecule has 1 saturated heterocycles. The van der Waals surface area contributed by atoms with Gasteiger partial charge in [0, 0.05) is 42.7 Å². The standard InChI is InChI=1S/C15H23N3OS/c1-18(2)10-12-5-3-4-6-14(12)17-15(19)9-13-11-20-8-7-16-13/h3-6,13,16H,7-11H2,1-2H3,(H,17,19). The van der Waals surface area contributed by atoms with Crippen LogP contribution in [0.5, 0.6) is 0 Å². The van der Waals surface area contributed by atoms with Gasteiger partial charge in [0.1, 0.15) is 0 Å². The number of carbonyl (C=O) groups is 1. The van der Waals surface area contributed by atoms with Crippen LogP contribution in [-0.4, -0.2) is 49.0 Å². The SMILES string of the molecule is CN(C)Cc1ccccc1NC(=O)CC1CSCCN1. The molecular weight excluding hydrogens is 270 g/mol. The van der Waals surface area contributed by atoms with Gasteiger partial charge in [-0.25, -0.2) is 0 Å². The van der Waals surface area contributed by atoms with Gasteiger partial charge in [-0.05, 0) is 25.7 Å². The van der Waals surface area contributed by atoms with E-state index in [0.29, 0.717) is 12.5 Å². The fourth-order valence-electron chi connectivity index (χ4n) is 2.30. The third-order valence-corrected chi connectivity index (χ3v) is 4.34. The number of carbonyl (C=O) groups excluding carboxylic acids is 1. The van der Waals surface area contributed by atoms with E-state index in [1.165, 1.54) is 0 Å². The molecule has 110 valence electrons. The molecule has 0 aromatic heterocycles. The van der Waals surface area contributed by atoms with E-state index < -0.39 is 0 Å². The maximum atomic E-state index is 12.1. The molecule has 1 aliphatic rings. The molecule has 0 aliphatic carbocycles. The second-order valence-electron chi connectivity index (χ2n) is 5.37. The molecule has 2 rings (SSSR count). The van der Waals surface area contributed by atoms with E-state index >= 15 is 0 Å². The highest BCUT2D eigenvalue weighted by molar-refractivity contribution is 7.99. The van der Waals surface area contributed by atoms with Gasteiger partial charge in [0.05, 0.1) is 0 Å². The summed E-state index contributed by atoms with van der Waals surface area (Å²) in [6, 6.07) is 8.30. The summed E-state index contributed by atoms with van der Waals surface area (Å²) in [6.45, 7) is 1.83. The number of nitrogens with zero attached hydrogens (tertiary/aromatic N) is 1. The maximum absolute atomic E-state index is 12.1. The van der Waals surface area contributed by atoms with Crippen LogP contribution in [0.4, 0.5) is 5.69 Å². The van der Waals surface area contributed by atoms with Crippen LogP contribution in [0.25, 0.3) is 0 Å². The number of amides is 1. The summed E-state index contributed by atoms with van der Waals surface area (Å²) in [5.41, 5.74) is 2.08. The van der Waals surface area contributed by atoms with Crippen LogP contribution in [0.1, 0.15) is 12.0 Å². The van der Waals surface area contributed by atoms with Gasteiger partial charge in [0.25, 0.3) is 0 Å². The Bertz CT molecular complexity index is 444. The van der Waals surface area contributed by atoms with Gasteiger partial charge in [-0.2, -0.15) is 11.8 Å². The zero-order valence-electron chi connectivity index (χ0n) is 12.2. The Hall–Kier alpha value is -1.04. The minimum absolute atomic E-state index is 0.0937. The van der Waals surface area contributed by atoms with Crippen molar-refractivity contribution < 1.29 is 4.79 Å². The highest BCUT2D eigenvalue weighted by Gasteiger charge is 2.17. The molecule has 1 aromatic carbocycles. The second kappa shape index (κ2) is 7.67. The monoisotopic (exact) mass is 293 g/mol. The van der Waals surface area contributed by atoms with E-state index in [9.17, 15) is 4.79 Å². The first-order valence-electron chi connectivity index (χ1n) is 6.99. The molecular formula is C15H23N3OS. The number of para-hydroxylation sites is 1. The number of nitrogens with one attached hydrogen (secondary N) is 2. The first kappa shape index (κ1) is 15.4. The van der Waals surface area contributed by atoms with E-state index in [0.717, 1.165) is 35.8 Å². The lowest BCUT2D eigenvalue weighted by atomic mass is 10.1. The van der Waals surface area contributed by atoms with Gasteiger partial charge in [-0.3, -0.25) is 4.79 Å². The third-order valence-electron chi connectivity index (χ3n) is 3.21. The largest absolute Gasteiger partial charge is 0.326 e. The zero-order valence-corrected chi connectivity index (χ0v) is 13.0.